The van der Waals surface area contributed by atoms with Crippen LogP contribution in [0.2, 0.25) is 0 Å². The number of rotatable bonds is 56. The molecule has 0 aromatic carbocycles. The van der Waals surface area contributed by atoms with Gasteiger partial charge in [0.1, 0.15) is 96.7 Å². The van der Waals surface area contributed by atoms with E-state index in [0.29, 0.717) is 0 Å². The summed E-state index contributed by atoms with van der Waals surface area (Å²) in [6.07, 6.45) is -8.41. The van der Waals surface area contributed by atoms with Crippen LogP contribution in [-0.4, -0.2) is 337 Å². The van der Waals surface area contributed by atoms with Gasteiger partial charge in [0, 0.05) is 19.4 Å². The van der Waals surface area contributed by atoms with E-state index >= 15 is 0 Å². The molecule has 130 heavy (non-hydrogen) atoms. The van der Waals surface area contributed by atoms with E-state index < -0.39 is 326 Å². The number of nitrogens with zero attached hydrogens (tertiary/aromatic N) is 1. The summed E-state index contributed by atoms with van der Waals surface area (Å²) in [5.41, 5.74) is 16.4. The van der Waals surface area contributed by atoms with Crippen molar-refractivity contribution in [2.75, 3.05) is 32.8 Å². The first kappa shape index (κ1) is 116. The van der Waals surface area contributed by atoms with E-state index in [2.05, 4.69) is 95.7 Å². The molecule has 51 heteroatoms. The quantitative estimate of drug-likeness (QED) is 0.0269. The zero-order chi connectivity index (χ0) is 100. The van der Waals surface area contributed by atoms with Crippen LogP contribution < -0.4 is 113 Å². The number of primary amides is 2. The van der Waals surface area contributed by atoms with Gasteiger partial charge in [0.05, 0.1) is 56.8 Å². The topological polar surface area (TPSA) is 815 Å². The van der Waals surface area contributed by atoms with Crippen molar-refractivity contribution in [3.05, 3.63) is 0 Å². The summed E-state index contributed by atoms with van der Waals surface area (Å²) in [6.45, 7) is 20.7. The van der Waals surface area contributed by atoms with Crippen molar-refractivity contribution < 1.29 is 141 Å². The maximum absolute atomic E-state index is 14.4. The van der Waals surface area contributed by atoms with Crippen molar-refractivity contribution in [3.8, 4) is 0 Å². The first-order chi connectivity index (χ1) is 60.2. The molecule has 0 aromatic rings. The molecule has 0 bridgehead atoms. The molecule has 0 radical (unpaired) electrons. The number of carbonyl (C=O) groups excluding carboxylic acids is 21. The maximum Gasteiger partial charge on any atom is 0.328 e. The highest BCUT2D eigenvalue weighted by Crippen LogP contribution is 2.21. The Morgan fingerprint density at radius 1 is 0.331 bits per heavy atom. The predicted molar refractivity (Wildman–Crippen MR) is 457 cm³/mol. The van der Waals surface area contributed by atoms with Gasteiger partial charge in [-0.2, -0.15) is 0 Å². The summed E-state index contributed by atoms with van der Waals surface area (Å²) in [4.78, 5) is 294. The second-order valence-electron chi connectivity index (χ2n) is 33.7. The van der Waals surface area contributed by atoms with Crippen LogP contribution in [0, 0.1) is 29.6 Å². The van der Waals surface area contributed by atoms with Gasteiger partial charge in [-0.05, 0) is 117 Å². The zero-order valence-corrected chi connectivity index (χ0v) is 76.4. The number of aliphatic hydroxyl groups is 6. The Morgan fingerprint density at radius 2 is 0.638 bits per heavy atom. The van der Waals surface area contributed by atoms with E-state index in [4.69, 9.17) is 17.2 Å². The van der Waals surface area contributed by atoms with Crippen LogP contribution in [0.4, 0.5) is 0 Å². The fourth-order valence-electron chi connectivity index (χ4n) is 12.5. The number of amides is 21. The smallest absolute Gasteiger partial charge is 0.328 e. The molecule has 0 aliphatic carbocycles. The average Bonchev–Trinajstić information content (AvgIpc) is 1.65. The van der Waals surface area contributed by atoms with Crippen LogP contribution in [0.3, 0.4) is 0 Å². The van der Waals surface area contributed by atoms with Gasteiger partial charge in [-0.25, -0.2) is 4.79 Å². The van der Waals surface area contributed by atoms with Crippen molar-refractivity contribution in [2.45, 2.75) is 303 Å². The SMILES string of the molecule is CC(C)C[C@H](NC(=O)[C@@H](NC(=O)[C@H](CCC(N)=O)NC(=O)[C@H](C)N)C(C)C)C(=O)N[C@H](C(=O)N[C@@H](CCC(N)=O)C(=O)N[C@H](C(=O)N1CCC[C@H]1C(=O)N[C@@H](C)C(=O)N[C@@H](CO)C(=O)N[C@H](C(=O)N[C@@H](CO)C(=O)N[C@@H](C)C(=O)N[C@@H](C)C(=O)N[C@H](C(=O)NCC(=O)NCC(=O)N[C@H](C(=O)N[C@H](C(=O)N[C@H](C(=O)O)[C@@H](C)O)C(C)C)[C@@H](C)O)C(C)C)C(C)C)[C@@H](C)O)[C@@H](C)O. The van der Waals surface area contributed by atoms with Crippen LogP contribution in [0.15, 0.2) is 0 Å². The molecule has 1 fully saturated rings. The predicted octanol–water partition coefficient (Wildman–Crippen LogP) is -12.8. The summed E-state index contributed by atoms with van der Waals surface area (Å²) in [7, 11) is 0. The minimum Gasteiger partial charge on any atom is -0.480 e. The van der Waals surface area contributed by atoms with Gasteiger partial charge in [-0.3, -0.25) is 101 Å². The minimum absolute atomic E-state index is 0.0559. The third-order valence-electron chi connectivity index (χ3n) is 20.2. The van der Waals surface area contributed by atoms with Crippen molar-refractivity contribution in [1.29, 1.82) is 0 Å². The maximum atomic E-state index is 14.4. The highest BCUT2D eigenvalue weighted by atomic mass is 16.4. The molecule has 0 unspecified atom stereocenters. The summed E-state index contributed by atoms with van der Waals surface area (Å²) < 4.78 is 0. The molecule has 1 aliphatic heterocycles. The lowest BCUT2D eigenvalue weighted by molar-refractivity contribution is -0.145. The summed E-state index contributed by atoms with van der Waals surface area (Å²) >= 11 is 0. The van der Waals surface area contributed by atoms with Crippen molar-refractivity contribution >= 4 is 130 Å². The molecule has 1 aliphatic rings. The molecule has 736 valence electrons. The van der Waals surface area contributed by atoms with E-state index in [1.807, 2.05) is 0 Å². The Hall–Kier alpha value is -11.9. The van der Waals surface area contributed by atoms with Gasteiger partial charge in [0.15, 0.2) is 6.04 Å². The molecule has 0 aromatic heterocycles. The highest BCUT2D eigenvalue weighted by molar-refractivity contribution is 6.02. The number of nitrogens with one attached hydrogen (secondary N) is 18. The Morgan fingerprint density at radius 3 is 1.06 bits per heavy atom. The van der Waals surface area contributed by atoms with Gasteiger partial charge in [-0.1, -0.05) is 69.2 Å². The van der Waals surface area contributed by atoms with Gasteiger partial charge in [0.2, 0.25) is 124 Å². The molecule has 22 atom stereocenters. The lowest BCUT2D eigenvalue weighted by atomic mass is 9.98. The van der Waals surface area contributed by atoms with Crippen molar-refractivity contribution in [1.82, 2.24) is 101 Å². The molecule has 0 spiro atoms. The van der Waals surface area contributed by atoms with Gasteiger partial charge in [-0.15, -0.1) is 0 Å². The number of likely N-dealkylation sites (tertiary alicyclic amines) is 1. The number of nitrogens with two attached hydrogens (primary N) is 3. The summed E-state index contributed by atoms with van der Waals surface area (Å²) in [5, 5.41) is 114. The van der Waals surface area contributed by atoms with Crippen molar-refractivity contribution in [2.24, 2.45) is 46.8 Å². The largest absolute Gasteiger partial charge is 0.480 e. The number of hydrogen-bond donors (Lipinski definition) is 28. The fourth-order valence-corrected chi connectivity index (χ4v) is 12.5. The lowest BCUT2D eigenvalue weighted by Crippen LogP contribution is -2.63. The summed E-state index contributed by atoms with van der Waals surface area (Å²) in [6, 6.07) is -28.3. The second-order valence-corrected chi connectivity index (χ2v) is 33.7. The standard InChI is InChI=1S/C79H136N22O29/c1-31(2)26-46(90-73(123)55(33(5)6)95-66(116)44(21-23-50(81)108)88-62(112)36(11)80)68(118)98-59(41(16)105)76(126)89-45(22-24-51(82)109)67(117)99-60(42(17)106)78(128)101-25-19-20-49(101)71(121)87-38(13)64(114)91-48(30-103)70(120)96-56(34(7)8)74(124)92-47(29-102)69(119)86-37(12)63(113)85-39(14)65(115)94-54(32(3)4)72(122)84-27-52(110)83-28-53(111)93-58(40(15)104)77(127)97-57(35(9)10)75(125)100-61(43(18)107)79(129)130/h31-49,54-61,102-107H,19-30,80H2,1-18H3,(H2,81,108)(H2,82,109)(H,83,110)(H,84,122)(H,85,113)(H,86,119)(H,87,121)(H,88,112)(H,89,126)(H,90,123)(H,91,114)(H,92,124)(H,93,111)(H,94,115)(H,95,116)(H,96,120)(H,97,127)(H,98,118)(H,99,117)(H,100,125)(H,129,130)/t36-,37-,38-,39-,40+,41+,42+,43+,44-,45-,46-,47-,48-,49-,54-,55-,56-,57-,58-,59-,60-,61-/m0/s1. The zero-order valence-electron chi connectivity index (χ0n) is 76.4. The molecule has 31 N–H and O–H groups in total. The third kappa shape index (κ3) is 39.2. The van der Waals surface area contributed by atoms with E-state index in [1.165, 1.54) is 55.4 Å². The van der Waals surface area contributed by atoms with E-state index in [0.717, 1.165) is 46.4 Å². The Balaban J connectivity index is 3.14. The van der Waals surface area contributed by atoms with Crippen molar-refractivity contribution in [3.63, 3.8) is 0 Å². The number of carbonyl (C=O) groups is 22. The van der Waals surface area contributed by atoms with Crippen LogP contribution in [0.25, 0.3) is 0 Å². The van der Waals surface area contributed by atoms with E-state index in [1.54, 1.807) is 27.7 Å². The molecule has 0 saturated carbocycles. The van der Waals surface area contributed by atoms with Gasteiger partial charge in [0.25, 0.3) is 0 Å². The monoisotopic (exact) mass is 1860 g/mol. The van der Waals surface area contributed by atoms with E-state index in [-0.39, 0.29) is 44.6 Å². The normalized spacial score (nSPS) is 17.4. The first-order valence-corrected chi connectivity index (χ1v) is 42.4. The molecule has 1 saturated heterocycles. The average molecular weight is 1860 g/mol. The Bertz CT molecular complexity index is 3980. The third-order valence-corrected chi connectivity index (χ3v) is 20.2. The van der Waals surface area contributed by atoms with Crippen LogP contribution in [0.5, 0.6) is 0 Å². The highest BCUT2D eigenvalue weighted by Gasteiger charge is 2.44. The molecular formula is C79H136N22O29. The van der Waals surface area contributed by atoms with Gasteiger partial charge >= 0.3 is 5.97 Å². The Kier molecular flexibility index (Phi) is 49.8. The number of carboxylic acid groups (broad SMARTS) is 1. The van der Waals surface area contributed by atoms with Crippen LogP contribution >= 0.6 is 0 Å². The van der Waals surface area contributed by atoms with E-state index in [9.17, 15) is 141 Å². The molecule has 51 nitrogen and oxygen atoms in total. The number of carboxylic acids is 1. The summed E-state index contributed by atoms with van der Waals surface area (Å²) in [5.74, 6) is -26.1. The number of aliphatic carboxylic acids is 1. The minimum atomic E-state index is -1.92. The molecule has 1 rings (SSSR count). The number of aliphatic hydroxyl groups excluding tert-OH is 6. The molecular weight excluding hydrogens is 1720 g/mol. The molecule has 1 heterocycles. The first-order valence-electron chi connectivity index (χ1n) is 42.4. The number of hydrogen-bond acceptors (Lipinski definition) is 29. The van der Waals surface area contributed by atoms with Crippen LogP contribution in [-0.2, 0) is 105 Å². The van der Waals surface area contributed by atoms with Crippen LogP contribution in [0.1, 0.15) is 170 Å². The fraction of sp³-hybridized carbons (Fsp3) is 0.722. The molecule has 21 amide bonds. The lowest BCUT2D eigenvalue weighted by Gasteiger charge is -2.32. The van der Waals surface area contributed by atoms with Gasteiger partial charge < -0.3 is 154 Å². The Labute approximate surface area is 751 Å². The second kappa shape index (κ2) is 55.8.